The summed E-state index contributed by atoms with van der Waals surface area (Å²) >= 11 is 0. The van der Waals surface area contributed by atoms with Gasteiger partial charge < -0.3 is 19.2 Å². The lowest BCUT2D eigenvalue weighted by Crippen LogP contribution is -2.19. The normalized spacial score (nSPS) is 12.4. The summed E-state index contributed by atoms with van der Waals surface area (Å²) in [7, 11) is 4.12. The minimum absolute atomic E-state index is 0.0430. The molecule has 2 aromatic rings. The second-order valence-electron chi connectivity index (χ2n) is 6.16. The van der Waals surface area contributed by atoms with Gasteiger partial charge in [0, 0.05) is 16.7 Å². The molecular weight excluding hydrogens is 386 g/mol. The van der Waals surface area contributed by atoms with Gasteiger partial charge in [0.2, 0.25) is 0 Å². The van der Waals surface area contributed by atoms with Gasteiger partial charge in [-0.05, 0) is 19.4 Å². The molecule has 8 nitrogen and oxygen atoms in total. The molecule has 0 radical (unpaired) electrons. The summed E-state index contributed by atoms with van der Waals surface area (Å²) in [5.41, 5.74) is 4.31. The van der Waals surface area contributed by atoms with E-state index in [4.69, 9.17) is 19.2 Å². The Kier molecular flexibility index (Phi) is 8.56. The zero-order chi connectivity index (χ0) is 21.9. The van der Waals surface area contributed by atoms with Crippen LogP contribution < -0.4 is 0 Å². The molecule has 0 fully saturated rings. The molecule has 8 heteroatoms. The molecule has 0 unspecified atom stereocenters. The molecule has 0 aromatic heterocycles. The second-order valence-corrected chi connectivity index (χ2v) is 6.16. The van der Waals surface area contributed by atoms with Gasteiger partial charge in [0.25, 0.3) is 0 Å². The summed E-state index contributed by atoms with van der Waals surface area (Å²) < 4.78 is 4.79. The third kappa shape index (κ3) is 5.66. The Morgan fingerprint density at radius 3 is 2.07 bits per heavy atom. The van der Waals surface area contributed by atoms with Crippen molar-refractivity contribution >= 4 is 23.1 Å². The first-order valence-electron chi connectivity index (χ1n) is 9.15. The van der Waals surface area contributed by atoms with E-state index in [1.165, 1.54) is 21.3 Å². The Morgan fingerprint density at radius 2 is 1.43 bits per heavy atom. The van der Waals surface area contributed by atoms with Crippen molar-refractivity contribution in [1.82, 2.24) is 0 Å². The number of benzene rings is 2. The average molecular weight is 411 g/mol. The minimum atomic E-state index is -0.613. The van der Waals surface area contributed by atoms with Gasteiger partial charge in [0.05, 0.1) is 7.11 Å². The first kappa shape index (κ1) is 22.6. The maximum Gasteiger partial charge on any atom is 0.360 e. The quantitative estimate of drug-likeness (QED) is 0.358. The Labute approximate surface area is 175 Å². The Balaban J connectivity index is 2.26. The number of ether oxygens (including phenoxy) is 1. The fourth-order valence-electron chi connectivity index (χ4n) is 2.74. The second kappa shape index (κ2) is 11.4. The van der Waals surface area contributed by atoms with Crippen LogP contribution in [-0.4, -0.2) is 44.4 Å². The van der Waals surface area contributed by atoms with E-state index >= 15 is 0 Å². The van der Waals surface area contributed by atoms with Crippen LogP contribution in [0.3, 0.4) is 0 Å². The van der Waals surface area contributed by atoms with Crippen LogP contribution in [0.4, 0.5) is 0 Å². The zero-order valence-corrected chi connectivity index (χ0v) is 17.7. The molecule has 0 aliphatic heterocycles. The van der Waals surface area contributed by atoms with Crippen molar-refractivity contribution < 1.29 is 24.0 Å². The van der Waals surface area contributed by atoms with Gasteiger partial charge >= 0.3 is 5.97 Å². The fourth-order valence-corrected chi connectivity index (χ4v) is 2.74. The smallest absolute Gasteiger partial charge is 0.360 e. The zero-order valence-electron chi connectivity index (χ0n) is 17.7. The van der Waals surface area contributed by atoms with Crippen LogP contribution in [0.5, 0.6) is 0 Å². The van der Waals surface area contributed by atoms with Crippen molar-refractivity contribution in [1.29, 1.82) is 0 Å². The Hall–Kier alpha value is -3.68. The van der Waals surface area contributed by atoms with Crippen molar-refractivity contribution in [2.75, 3.05) is 21.3 Å². The van der Waals surface area contributed by atoms with Gasteiger partial charge in [-0.2, -0.15) is 0 Å². The van der Waals surface area contributed by atoms with Gasteiger partial charge in [-0.1, -0.05) is 64.0 Å². The van der Waals surface area contributed by atoms with Gasteiger partial charge in [0.15, 0.2) is 5.71 Å². The molecule has 2 aromatic carbocycles. The molecular formula is C22H25N3O5. The number of rotatable bonds is 9. The van der Waals surface area contributed by atoms with Crippen LogP contribution in [0.25, 0.3) is 0 Å². The molecule has 0 saturated heterocycles. The molecule has 0 aliphatic rings. The minimum Gasteiger partial charge on any atom is -0.464 e. The van der Waals surface area contributed by atoms with Crippen LogP contribution in [-0.2, 0) is 30.7 Å². The fraction of sp³-hybridized carbons (Fsp3) is 0.273. The number of hydrogen-bond acceptors (Lipinski definition) is 8. The topological polar surface area (TPSA) is 91.1 Å². The average Bonchev–Trinajstić information content (AvgIpc) is 2.76. The van der Waals surface area contributed by atoms with Crippen LogP contribution in [0.15, 0.2) is 64.0 Å². The van der Waals surface area contributed by atoms with Gasteiger partial charge in [-0.15, -0.1) is 0 Å². The highest BCUT2D eigenvalue weighted by Gasteiger charge is 2.19. The lowest BCUT2D eigenvalue weighted by atomic mass is 10.0. The van der Waals surface area contributed by atoms with Gasteiger partial charge in [0.1, 0.15) is 32.2 Å². The SMILES string of the molecule is CON=C(C(C)=NOCc1ccccc1C(=NOC)C(=O)OC)c1ccccc1C. The largest absolute Gasteiger partial charge is 0.464 e. The monoisotopic (exact) mass is 411 g/mol. The van der Waals surface area contributed by atoms with Crippen molar-refractivity contribution in [3.05, 3.63) is 70.8 Å². The summed E-state index contributed by atoms with van der Waals surface area (Å²) in [5.74, 6) is -0.613. The number of carbonyl (C=O) groups excluding carboxylic acids is 1. The lowest BCUT2D eigenvalue weighted by molar-refractivity contribution is -0.132. The third-order valence-corrected chi connectivity index (χ3v) is 4.18. The van der Waals surface area contributed by atoms with E-state index < -0.39 is 5.97 Å². The molecule has 0 heterocycles. The standard InChI is InChI=1S/C22H25N3O5/c1-15-10-6-8-12-18(15)20(24-28-4)16(2)23-30-14-17-11-7-9-13-19(17)21(25-29-5)22(26)27-3/h6-13H,14H2,1-5H3. The van der Waals surface area contributed by atoms with Crippen molar-refractivity contribution in [2.24, 2.45) is 15.5 Å². The lowest BCUT2D eigenvalue weighted by Gasteiger charge is -2.11. The van der Waals surface area contributed by atoms with Crippen molar-refractivity contribution in [2.45, 2.75) is 20.5 Å². The third-order valence-electron chi connectivity index (χ3n) is 4.18. The molecule has 0 aliphatic carbocycles. The van der Waals surface area contributed by atoms with E-state index in [1.54, 1.807) is 25.1 Å². The Bertz CT molecular complexity index is 967. The summed E-state index contributed by atoms with van der Waals surface area (Å²) in [4.78, 5) is 27.4. The van der Waals surface area contributed by atoms with E-state index in [1.807, 2.05) is 37.3 Å². The molecule has 158 valence electrons. The van der Waals surface area contributed by atoms with Crippen molar-refractivity contribution in [3.8, 4) is 0 Å². The maximum atomic E-state index is 12.1. The van der Waals surface area contributed by atoms with Crippen LogP contribution in [0.1, 0.15) is 29.2 Å². The number of hydrogen-bond donors (Lipinski definition) is 0. The number of nitrogens with zero attached hydrogens (tertiary/aromatic N) is 3. The maximum absolute atomic E-state index is 12.1. The molecule has 30 heavy (non-hydrogen) atoms. The molecule has 0 amide bonds. The number of esters is 1. The van der Waals surface area contributed by atoms with E-state index in [9.17, 15) is 4.79 Å². The number of methoxy groups -OCH3 is 1. The summed E-state index contributed by atoms with van der Waals surface area (Å²) in [5, 5.41) is 12.1. The van der Waals surface area contributed by atoms with Crippen molar-refractivity contribution in [3.63, 3.8) is 0 Å². The highest BCUT2D eigenvalue weighted by molar-refractivity contribution is 6.47. The first-order chi connectivity index (χ1) is 14.5. The highest BCUT2D eigenvalue weighted by atomic mass is 16.6. The molecule has 0 atom stereocenters. The first-order valence-corrected chi connectivity index (χ1v) is 9.15. The summed E-state index contributed by atoms with van der Waals surface area (Å²) in [6.45, 7) is 3.86. The summed E-state index contributed by atoms with van der Waals surface area (Å²) in [6, 6.07) is 14.9. The van der Waals surface area contributed by atoms with E-state index in [2.05, 4.69) is 15.5 Å². The summed E-state index contributed by atoms with van der Waals surface area (Å²) in [6.07, 6.45) is 0. The van der Waals surface area contributed by atoms with Crippen LogP contribution in [0, 0.1) is 6.92 Å². The highest BCUT2D eigenvalue weighted by Crippen LogP contribution is 2.14. The predicted octanol–water partition coefficient (Wildman–Crippen LogP) is 3.46. The molecule has 0 bridgehead atoms. The van der Waals surface area contributed by atoms with Gasteiger partial charge in [-0.3, -0.25) is 0 Å². The molecule has 0 spiro atoms. The molecule has 0 N–H and O–H groups in total. The van der Waals surface area contributed by atoms with Crippen LogP contribution >= 0.6 is 0 Å². The molecule has 2 rings (SSSR count). The number of oxime groups is 3. The van der Waals surface area contributed by atoms with Crippen LogP contribution in [0.2, 0.25) is 0 Å². The molecule has 0 saturated carbocycles. The predicted molar refractivity (Wildman–Crippen MR) is 115 cm³/mol. The van der Waals surface area contributed by atoms with Gasteiger partial charge in [-0.25, -0.2) is 4.79 Å². The van der Waals surface area contributed by atoms with E-state index in [0.717, 1.165) is 11.1 Å². The Morgan fingerprint density at radius 1 is 0.833 bits per heavy atom. The van der Waals surface area contributed by atoms with E-state index in [-0.39, 0.29) is 12.3 Å². The number of aryl methyl sites for hydroxylation is 1. The van der Waals surface area contributed by atoms with E-state index in [0.29, 0.717) is 22.6 Å². The number of carbonyl (C=O) groups is 1.